The average Bonchev–Trinajstić information content (AvgIpc) is 2.80. The third-order valence-corrected chi connectivity index (χ3v) is 6.34. The minimum absolute atomic E-state index is 0.0165. The van der Waals surface area contributed by atoms with E-state index in [4.69, 9.17) is 0 Å². The number of H-pyrrole nitrogens is 1. The third-order valence-electron chi connectivity index (χ3n) is 6.34. The Hall–Kier alpha value is -2.97. The molecule has 33 heavy (non-hydrogen) atoms. The number of piperidine rings is 1. The quantitative estimate of drug-likeness (QED) is 0.590. The number of carbonyl (C=O) groups is 2. The maximum atomic E-state index is 13.5. The fourth-order valence-electron chi connectivity index (χ4n) is 4.30. The molecule has 9 heteroatoms. The summed E-state index contributed by atoms with van der Waals surface area (Å²) in [5.74, 6) is -0.302. The van der Waals surface area contributed by atoms with Gasteiger partial charge in [0, 0.05) is 37.8 Å². The Bertz CT molecular complexity index is 1130. The first-order valence-electron chi connectivity index (χ1n) is 12.0. The smallest absolute Gasteiger partial charge is 0.329 e. The van der Waals surface area contributed by atoms with E-state index >= 15 is 0 Å². The largest absolute Gasteiger partial charge is 0.356 e. The van der Waals surface area contributed by atoms with E-state index in [0.717, 1.165) is 19.3 Å². The van der Waals surface area contributed by atoms with Crippen molar-refractivity contribution < 1.29 is 9.59 Å². The van der Waals surface area contributed by atoms with Crippen LogP contribution in [0.25, 0.3) is 11.0 Å². The zero-order chi connectivity index (χ0) is 24.1. The maximum absolute atomic E-state index is 13.5. The van der Waals surface area contributed by atoms with Gasteiger partial charge in [-0.25, -0.2) is 9.78 Å². The number of likely N-dealkylation sites (tertiary alicyclic amines) is 1. The lowest BCUT2D eigenvalue weighted by Crippen LogP contribution is -2.43. The molecule has 0 bridgehead atoms. The number of unbranched alkanes of at least 4 members (excludes halogenated alkanes) is 2. The lowest BCUT2D eigenvalue weighted by molar-refractivity contribution is -0.126. The van der Waals surface area contributed by atoms with Gasteiger partial charge in [0.2, 0.25) is 5.91 Å². The minimum atomic E-state index is -0.604. The number of rotatable bonds is 8. The van der Waals surface area contributed by atoms with Crippen LogP contribution in [0.2, 0.25) is 0 Å². The molecule has 0 unspecified atom stereocenters. The standard InChI is InChI=1S/C24H35N5O4/c1-5-7-8-11-25-21(30)16-9-12-28(13-10-16)23(32)17-14-18(15(3)4)26-20-19(17)22(31)27-24(33)29(20)6-2/h14-16H,5-13H2,1-4H3,(H,25,30)(H,27,31,33). The van der Waals surface area contributed by atoms with E-state index in [1.807, 2.05) is 13.8 Å². The summed E-state index contributed by atoms with van der Waals surface area (Å²) in [6.45, 7) is 9.73. The van der Waals surface area contributed by atoms with Crippen LogP contribution < -0.4 is 16.6 Å². The van der Waals surface area contributed by atoms with Crippen molar-refractivity contribution >= 4 is 22.8 Å². The summed E-state index contributed by atoms with van der Waals surface area (Å²) in [7, 11) is 0. The number of hydrogen-bond donors (Lipinski definition) is 2. The van der Waals surface area contributed by atoms with Crippen LogP contribution in [0.5, 0.6) is 0 Å². The van der Waals surface area contributed by atoms with E-state index in [0.29, 0.717) is 44.7 Å². The highest BCUT2D eigenvalue weighted by atomic mass is 16.2. The van der Waals surface area contributed by atoms with E-state index < -0.39 is 11.2 Å². The second-order valence-corrected chi connectivity index (χ2v) is 9.02. The Morgan fingerprint density at radius 2 is 1.88 bits per heavy atom. The average molecular weight is 458 g/mol. The van der Waals surface area contributed by atoms with Crippen molar-refractivity contribution in [2.75, 3.05) is 19.6 Å². The van der Waals surface area contributed by atoms with Crippen LogP contribution in [0.4, 0.5) is 0 Å². The van der Waals surface area contributed by atoms with Crippen LogP contribution >= 0.6 is 0 Å². The van der Waals surface area contributed by atoms with Gasteiger partial charge in [-0.1, -0.05) is 33.6 Å². The minimum Gasteiger partial charge on any atom is -0.356 e. The number of nitrogens with one attached hydrogen (secondary N) is 2. The predicted octanol–water partition coefficient (Wildman–Crippen LogP) is 2.39. The maximum Gasteiger partial charge on any atom is 0.329 e. The van der Waals surface area contributed by atoms with Crippen LogP contribution in [0.15, 0.2) is 15.7 Å². The number of fused-ring (bicyclic) bond motifs is 1. The molecule has 2 aromatic heterocycles. The molecule has 3 heterocycles. The monoisotopic (exact) mass is 457 g/mol. The molecular weight excluding hydrogens is 422 g/mol. The van der Waals surface area contributed by atoms with Crippen LogP contribution in [0.3, 0.4) is 0 Å². The Labute approximate surface area is 193 Å². The van der Waals surface area contributed by atoms with Crippen molar-refractivity contribution in [2.45, 2.75) is 72.3 Å². The van der Waals surface area contributed by atoms with Crippen molar-refractivity contribution in [3.8, 4) is 0 Å². The first-order chi connectivity index (χ1) is 15.8. The van der Waals surface area contributed by atoms with E-state index in [-0.39, 0.29) is 40.2 Å². The molecule has 1 aliphatic heterocycles. The zero-order valence-corrected chi connectivity index (χ0v) is 20.1. The topological polar surface area (TPSA) is 117 Å². The number of aromatic amines is 1. The fourth-order valence-corrected chi connectivity index (χ4v) is 4.30. The summed E-state index contributed by atoms with van der Waals surface area (Å²) in [6.07, 6.45) is 4.35. The first kappa shape index (κ1) is 24.7. The summed E-state index contributed by atoms with van der Waals surface area (Å²) < 4.78 is 1.38. The molecule has 2 N–H and O–H groups in total. The van der Waals surface area contributed by atoms with Crippen molar-refractivity contribution in [1.82, 2.24) is 24.8 Å². The van der Waals surface area contributed by atoms with Crippen LogP contribution in [-0.2, 0) is 11.3 Å². The third kappa shape index (κ3) is 5.34. The molecule has 2 aromatic rings. The van der Waals surface area contributed by atoms with E-state index in [9.17, 15) is 19.2 Å². The second-order valence-electron chi connectivity index (χ2n) is 9.02. The number of aryl methyl sites for hydroxylation is 1. The van der Waals surface area contributed by atoms with Gasteiger partial charge in [-0.15, -0.1) is 0 Å². The Kier molecular flexibility index (Phi) is 8.05. The summed E-state index contributed by atoms with van der Waals surface area (Å²) in [5, 5.41) is 3.14. The number of carbonyl (C=O) groups excluding carboxylic acids is 2. The van der Waals surface area contributed by atoms with E-state index in [1.165, 1.54) is 4.57 Å². The van der Waals surface area contributed by atoms with E-state index in [2.05, 4.69) is 22.2 Å². The lowest BCUT2D eigenvalue weighted by atomic mass is 9.95. The molecule has 2 amide bonds. The molecule has 0 atom stereocenters. The fraction of sp³-hybridized carbons (Fsp3) is 0.625. The van der Waals surface area contributed by atoms with Crippen molar-refractivity contribution in [1.29, 1.82) is 0 Å². The highest BCUT2D eigenvalue weighted by Gasteiger charge is 2.30. The molecule has 0 aromatic carbocycles. The van der Waals surface area contributed by atoms with Gasteiger partial charge in [0.05, 0.1) is 10.9 Å². The number of nitrogens with zero attached hydrogens (tertiary/aromatic N) is 3. The highest BCUT2D eigenvalue weighted by Crippen LogP contribution is 2.24. The van der Waals surface area contributed by atoms with Gasteiger partial charge in [-0.05, 0) is 38.2 Å². The van der Waals surface area contributed by atoms with Gasteiger partial charge in [0.15, 0.2) is 5.65 Å². The zero-order valence-electron chi connectivity index (χ0n) is 20.1. The van der Waals surface area contributed by atoms with Gasteiger partial charge in [0.1, 0.15) is 0 Å². The number of amides is 2. The molecule has 9 nitrogen and oxygen atoms in total. The SMILES string of the molecule is CCCCCNC(=O)C1CCN(C(=O)c2cc(C(C)C)nc3c2c(=O)[nH]c(=O)n3CC)CC1. The highest BCUT2D eigenvalue weighted by molar-refractivity contribution is 6.05. The van der Waals surface area contributed by atoms with Gasteiger partial charge < -0.3 is 10.2 Å². The Morgan fingerprint density at radius 3 is 2.48 bits per heavy atom. The summed E-state index contributed by atoms with van der Waals surface area (Å²) in [6, 6.07) is 1.67. The normalized spacial score (nSPS) is 14.8. The summed E-state index contributed by atoms with van der Waals surface area (Å²) in [5.41, 5.74) is 0.0101. The molecule has 1 saturated heterocycles. The lowest BCUT2D eigenvalue weighted by Gasteiger charge is -2.31. The second kappa shape index (κ2) is 10.8. The summed E-state index contributed by atoms with van der Waals surface area (Å²) >= 11 is 0. The van der Waals surface area contributed by atoms with Crippen LogP contribution in [0.1, 0.15) is 81.8 Å². The molecule has 1 fully saturated rings. The van der Waals surface area contributed by atoms with Crippen molar-refractivity contribution in [2.24, 2.45) is 5.92 Å². The number of hydrogen-bond acceptors (Lipinski definition) is 5. The predicted molar refractivity (Wildman–Crippen MR) is 128 cm³/mol. The Morgan fingerprint density at radius 1 is 1.18 bits per heavy atom. The molecular formula is C24H35N5O4. The molecule has 0 spiro atoms. The number of aromatic nitrogens is 3. The molecule has 180 valence electrons. The molecule has 0 radical (unpaired) electrons. The van der Waals surface area contributed by atoms with Gasteiger partial charge in [-0.3, -0.25) is 23.9 Å². The van der Waals surface area contributed by atoms with Gasteiger partial charge in [0.25, 0.3) is 11.5 Å². The first-order valence-corrected chi connectivity index (χ1v) is 12.0. The molecule has 1 aliphatic rings. The van der Waals surface area contributed by atoms with Gasteiger partial charge in [-0.2, -0.15) is 0 Å². The molecule has 0 aliphatic carbocycles. The van der Waals surface area contributed by atoms with Crippen molar-refractivity contribution in [3.05, 3.63) is 38.2 Å². The molecule has 3 rings (SSSR count). The number of pyridine rings is 1. The van der Waals surface area contributed by atoms with Gasteiger partial charge >= 0.3 is 5.69 Å². The summed E-state index contributed by atoms with van der Waals surface area (Å²) in [4.78, 5) is 59.5. The van der Waals surface area contributed by atoms with Crippen LogP contribution in [0, 0.1) is 5.92 Å². The Balaban J connectivity index is 1.85. The molecule has 0 saturated carbocycles. The van der Waals surface area contributed by atoms with E-state index in [1.54, 1.807) is 17.9 Å². The van der Waals surface area contributed by atoms with Crippen LogP contribution in [-0.4, -0.2) is 50.9 Å². The van der Waals surface area contributed by atoms with Crippen molar-refractivity contribution in [3.63, 3.8) is 0 Å².